The predicted molar refractivity (Wildman–Crippen MR) is 114 cm³/mol. The Morgan fingerprint density at radius 2 is 2.14 bits per heavy atom. The van der Waals surface area contributed by atoms with E-state index in [2.05, 4.69) is 31.7 Å². The molecule has 1 N–H and O–H groups in total. The third kappa shape index (κ3) is 5.53. The Morgan fingerprint density at radius 1 is 1.36 bits per heavy atom. The number of aromatic nitrogens is 1. The van der Waals surface area contributed by atoms with Gasteiger partial charge in [-0.05, 0) is 57.2 Å². The van der Waals surface area contributed by atoms with Crippen LogP contribution in [0.3, 0.4) is 0 Å². The van der Waals surface area contributed by atoms with Gasteiger partial charge in [-0.2, -0.15) is 0 Å². The molecule has 2 aromatic rings. The Hall–Kier alpha value is -1.48. The van der Waals surface area contributed by atoms with Crippen molar-refractivity contribution in [3.63, 3.8) is 0 Å². The largest absolute Gasteiger partial charge is 0.348 e. The van der Waals surface area contributed by atoms with Crippen LogP contribution in [0.4, 0.5) is 0 Å². The number of hydrogen-bond acceptors (Lipinski definition) is 5. The molecule has 0 saturated carbocycles. The standard InChI is InChI=1S/C20H29N3O3S2/c1-15-12-19(16(2)23(15)10-8-18-7-5-11-27-18)20(24)14-22-9-4-6-17(13-22)21-28(3,25)26/h5,7,11-12,17,21H,4,6,8-10,13-14H2,1-3H3. The summed E-state index contributed by atoms with van der Waals surface area (Å²) in [4.78, 5) is 16.3. The molecule has 1 saturated heterocycles. The van der Waals surface area contributed by atoms with Crippen LogP contribution in [0, 0.1) is 13.8 Å². The number of nitrogens with zero attached hydrogens (tertiary/aromatic N) is 2. The van der Waals surface area contributed by atoms with Gasteiger partial charge in [0.25, 0.3) is 0 Å². The first-order chi connectivity index (χ1) is 13.2. The number of rotatable bonds is 8. The van der Waals surface area contributed by atoms with Gasteiger partial charge in [-0.15, -0.1) is 11.3 Å². The van der Waals surface area contributed by atoms with Crippen molar-refractivity contribution in [1.29, 1.82) is 0 Å². The molecule has 154 valence electrons. The highest BCUT2D eigenvalue weighted by atomic mass is 32.2. The minimum atomic E-state index is -3.23. The van der Waals surface area contributed by atoms with E-state index in [9.17, 15) is 13.2 Å². The van der Waals surface area contributed by atoms with Crippen molar-refractivity contribution < 1.29 is 13.2 Å². The molecule has 3 rings (SSSR count). The first-order valence-corrected chi connectivity index (χ1v) is 12.4. The van der Waals surface area contributed by atoms with Gasteiger partial charge >= 0.3 is 0 Å². The van der Waals surface area contributed by atoms with E-state index < -0.39 is 10.0 Å². The van der Waals surface area contributed by atoms with Gasteiger partial charge in [0.1, 0.15) is 0 Å². The van der Waals surface area contributed by atoms with E-state index in [0.717, 1.165) is 49.3 Å². The van der Waals surface area contributed by atoms with E-state index in [-0.39, 0.29) is 11.8 Å². The maximum Gasteiger partial charge on any atom is 0.208 e. The summed E-state index contributed by atoms with van der Waals surface area (Å²) >= 11 is 1.76. The molecular formula is C20H29N3O3S2. The number of hydrogen-bond donors (Lipinski definition) is 1. The summed E-state index contributed by atoms with van der Waals surface area (Å²) in [7, 11) is -3.23. The summed E-state index contributed by atoms with van der Waals surface area (Å²) < 4.78 is 27.9. The number of carbonyl (C=O) groups is 1. The van der Waals surface area contributed by atoms with Crippen molar-refractivity contribution in [3.05, 3.63) is 45.4 Å². The Bertz CT molecular complexity index is 917. The quantitative estimate of drug-likeness (QED) is 0.663. The topological polar surface area (TPSA) is 71.4 Å². The number of sulfonamides is 1. The van der Waals surface area contributed by atoms with Crippen LogP contribution < -0.4 is 4.72 Å². The molecule has 0 bridgehead atoms. The second-order valence-electron chi connectivity index (χ2n) is 7.65. The fraction of sp³-hybridized carbons (Fsp3) is 0.550. The van der Waals surface area contributed by atoms with Gasteiger partial charge in [-0.1, -0.05) is 6.07 Å². The maximum absolute atomic E-state index is 12.9. The number of thiophene rings is 1. The summed E-state index contributed by atoms with van der Waals surface area (Å²) in [6.45, 7) is 6.66. The molecule has 28 heavy (non-hydrogen) atoms. The maximum atomic E-state index is 12.9. The smallest absolute Gasteiger partial charge is 0.208 e. The van der Waals surface area contributed by atoms with E-state index in [1.54, 1.807) is 11.3 Å². The molecule has 1 aliphatic rings. The van der Waals surface area contributed by atoms with E-state index >= 15 is 0 Å². The van der Waals surface area contributed by atoms with Gasteiger partial charge in [-0.3, -0.25) is 9.69 Å². The molecule has 1 unspecified atom stereocenters. The first kappa shape index (κ1) is 21.2. The second kappa shape index (κ2) is 8.90. The third-order valence-corrected chi connectivity index (χ3v) is 6.99. The molecule has 1 fully saturated rings. The summed E-state index contributed by atoms with van der Waals surface area (Å²) in [6, 6.07) is 6.08. The van der Waals surface area contributed by atoms with Crippen molar-refractivity contribution in [1.82, 2.24) is 14.2 Å². The molecule has 0 spiro atoms. The lowest BCUT2D eigenvalue weighted by Crippen LogP contribution is -2.48. The monoisotopic (exact) mass is 423 g/mol. The number of carbonyl (C=O) groups excluding carboxylic acids is 1. The molecule has 6 nitrogen and oxygen atoms in total. The van der Waals surface area contributed by atoms with Gasteiger partial charge in [0.15, 0.2) is 5.78 Å². The van der Waals surface area contributed by atoms with Crippen LogP contribution in [-0.4, -0.2) is 55.6 Å². The number of piperidine rings is 1. The lowest BCUT2D eigenvalue weighted by molar-refractivity contribution is 0.0904. The summed E-state index contributed by atoms with van der Waals surface area (Å²) in [5.41, 5.74) is 2.90. The van der Waals surface area contributed by atoms with Crippen LogP contribution in [0.25, 0.3) is 0 Å². The van der Waals surface area contributed by atoms with E-state index in [1.807, 2.05) is 19.9 Å². The molecule has 0 amide bonds. The van der Waals surface area contributed by atoms with Gasteiger partial charge in [-0.25, -0.2) is 13.1 Å². The van der Waals surface area contributed by atoms with Crippen molar-refractivity contribution >= 4 is 27.1 Å². The average Bonchev–Trinajstić information content (AvgIpc) is 3.20. The van der Waals surface area contributed by atoms with Crippen LogP contribution in [0.15, 0.2) is 23.6 Å². The highest BCUT2D eigenvalue weighted by Gasteiger charge is 2.25. The Balaban J connectivity index is 1.63. The summed E-state index contributed by atoms with van der Waals surface area (Å²) in [5.74, 6) is 0.107. The fourth-order valence-corrected chi connectivity index (χ4v) is 5.49. The van der Waals surface area contributed by atoms with Crippen LogP contribution in [0.1, 0.15) is 39.5 Å². The van der Waals surface area contributed by atoms with Gasteiger partial charge in [0.05, 0.1) is 12.8 Å². The first-order valence-electron chi connectivity index (χ1n) is 9.65. The Morgan fingerprint density at radius 3 is 2.82 bits per heavy atom. The SMILES string of the molecule is Cc1cc(C(=O)CN2CCCC(NS(C)(=O)=O)C2)c(C)n1CCc1cccs1. The zero-order valence-corrected chi connectivity index (χ0v) is 18.4. The molecule has 2 aromatic heterocycles. The van der Waals surface area contributed by atoms with Crippen molar-refractivity contribution in [3.8, 4) is 0 Å². The highest BCUT2D eigenvalue weighted by molar-refractivity contribution is 7.88. The van der Waals surface area contributed by atoms with Crippen LogP contribution >= 0.6 is 11.3 Å². The molecule has 0 radical (unpaired) electrons. The zero-order valence-electron chi connectivity index (χ0n) is 16.8. The molecule has 3 heterocycles. The lowest BCUT2D eigenvalue weighted by Gasteiger charge is -2.32. The summed E-state index contributed by atoms with van der Waals surface area (Å²) in [6.07, 6.45) is 3.85. The molecule has 1 aliphatic heterocycles. The van der Waals surface area contributed by atoms with Crippen LogP contribution in [0.5, 0.6) is 0 Å². The highest BCUT2D eigenvalue weighted by Crippen LogP contribution is 2.19. The van der Waals surface area contributed by atoms with Gasteiger partial charge in [0.2, 0.25) is 10.0 Å². The van der Waals surface area contributed by atoms with Crippen molar-refractivity contribution in [2.45, 2.75) is 45.7 Å². The predicted octanol–water partition coefficient (Wildman–Crippen LogP) is 2.61. The van der Waals surface area contributed by atoms with Crippen LogP contribution in [0.2, 0.25) is 0 Å². The average molecular weight is 424 g/mol. The lowest BCUT2D eigenvalue weighted by atomic mass is 10.1. The van der Waals surface area contributed by atoms with Crippen LogP contribution in [-0.2, 0) is 23.0 Å². The molecular weight excluding hydrogens is 394 g/mol. The van der Waals surface area contributed by atoms with Crippen molar-refractivity contribution in [2.24, 2.45) is 0 Å². The Kier molecular flexibility index (Phi) is 6.75. The minimum absolute atomic E-state index is 0.107. The number of likely N-dealkylation sites (tertiary alicyclic amines) is 1. The number of ketones is 1. The van der Waals surface area contributed by atoms with Gasteiger partial charge in [0, 0.05) is 41.0 Å². The number of aryl methyl sites for hydroxylation is 2. The molecule has 0 aromatic carbocycles. The molecule has 0 aliphatic carbocycles. The number of Topliss-reactive ketones (excluding diaryl/α,β-unsaturated/α-hetero) is 1. The molecule has 1 atom stereocenters. The fourth-order valence-electron chi connectivity index (χ4n) is 3.99. The van der Waals surface area contributed by atoms with Gasteiger partial charge < -0.3 is 4.57 Å². The summed E-state index contributed by atoms with van der Waals surface area (Å²) in [5, 5.41) is 2.09. The van der Waals surface area contributed by atoms with E-state index in [0.29, 0.717) is 13.1 Å². The van der Waals surface area contributed by atoms with Crippen molar-refractivity contribution in [2.75, 3.05) is 25.9 Å². The minimum Gasteiger partial charge on any atom is -0.348 e. The number of nitrogens with one attached hydrogen (secondary N) is 1. The third-order valence-electron chi connectivity index (χ3n) is 5.29. The zero-order chi connectivity index (χ0) is 20.3. The molecule has 8 heteroatoms. The van der Waals surface area contributed by atoms with E-state index in [1.165, 1.54) is 11.1 Å². The van der Waals surface area contributed by atoms with E-state index in [4.69, 9.17) is 0 Å². The Labute approximate surface area is 171 Å². The second-order valence-corrected chi connectivity index (χ2v) is 10.5. The normalized spacial score (nSPS) is 18.5.